The minimum Gasteiger partial charge on any atom is -0.394 e. The first kappa shape index (κ1) is 20.4. The second kappa shape index (κ2) is 8.20. The zero-order valence-corrected chi connectivity index (χ0v) is 13.8. The van der Waals surface area contributed by atoms with E-state index in [1.807, 2.05) is 0 Å². The molecule has 0 aromatic rings. The van der Waals surface area contributed by atoms with Crippen molar-refractivity contribution in [1.82, 2.24) is 5.32 Å². The molecule has 1 amide bonds. The predicted molar refractivity (Wildman–Crippen MR) is 78.8 cm³/mol. The van der Waals surface area contributed by atoms with Gasteiger partial charge in [-0.05, 0) is 6.92 Å². The number of aliphatic hydroxyl groups is 6. The summed E-state index contributed by atoms with van der Waals surface area (Å²) in [6, 6.07) is -1.22. The molecule has 0 saturated carbocycles. The molecule has 7 N–H and O–H groups in total. The SMILES string of the molecule is CC(=O)N[C@H]1C(O)O[C@H](CO)[C@@H](O)[C@@H]1OC1O[C@H](C)[C@H](O)[C@H](O)[C@H]1O. The van der Waals surface area contributed by atoms with Gasteiger partial charge in [0.25, 0.3) is 0 Å². The van der Waals surface area contributed by atoms with Crippen LogP contribution in [0.2, 0.25) is 0 Å². The lowest BCUT2D eigenvalue weighted by Crippen LogP contribution is -2.67. The van der Waals surface area contributed by atoms with E-state index in [4.69, 9.17) is 14.2 Å². The van der Waals surface area contributed by atoms with Crippen LogP contribution < -0.4 is 5.32 Å². The maximum absolute atomic E-state index is 11.3. The molecule has 2 aliphatic heterocycles. The molecule has 2 heterocycles. The van der Waals surface area contributed by atoms with Crippen molar-refractivity contribution >= 4 is 5.91 Å². The van der Waals surface area contributed by atoms with E-state index in [2.05, 4.69) is 5.32 Å². The number of carbonyl (C=O) groups excluding carboxylic acids is 1. The Hall–Kier alpha value is -0.890. The topological polar surface area (TPSA) is 178 Å². The Kier molecular flexibility index (Phi) is 6.70. The van der Waals surface area contributed by atoms with Crippen LogP contribution in [-0.4, -0.2) is 105 Å². The molecule has 2 saturated heterocycles. The van der Waals surface area contributed by atoms with Gasteiger partial charge in [0, 0.05) is 6.92 Å². The maximum atomic E-state index is 11.3. The third-order valence-electron chi connectivity index (χ3n) is 4.34. The van der Waals surface area contributed by atoms with Crippen LogP contribution in [-0.2, 0) is 19.0 Å². The molecule has 2 rings (SSSR count). The summed E-state index contributed by atoms with van der Waals surface area (Å²) in [5, 5.41) is 61.5. The quantitative estimate of drug-likeness (QED) is 0.257. The largest absolute Gasteiger partial charge is 0.394 e. The van der Waals surface area contributed by atoms with Gasteiger partial charge in [-0.15, -0.1) is 0 Å². The summed E-state index contributed by atoms with van der Waals surface area (Å²) in [4.78, 5) is 11.3. The van der Waals surface area contributed by atoms with Crippen molar-refractivity contribution in [3.05, 3.63) is 0 Å². The third-order valence-corrected chi connectivity index (χ3v) is 4.34. The number of carbonyl (C=O) groups is 1. The minimum absolute atomic E-state index is 0.537. The Labute approximate surface area is 143 Å². The van der Waals surface area contributed by atoms with Crippen LogP contribution in [0.25, 0.3) is 0 Å². The summed E-state index contributed by atoms with van der Waals surface area (Å²) in [6.45, 7) is 2.01. The number of hydrogen-bond acceptors (Lipinski definition) is 10. The molecule has 0 radical (unpaired) electrons. The van der Waals surface area contributed by atoms with Gasteiger partial charge in [-0.2, -0.15) is 0 Å². The van der Waals surface area contributed by atoms with Gasteiger partial charge in [0.1, 0.15) is 42.7 Å². The molecule has 0 aromatic heterocycles. The van der Waals surface area contributed by atoms with E-state index in [0.29, 0.717) is 0 Å². The van der Waals surface area contributed by atoms with Crippen LogP contribution in [0, 0.1) is 0 Å². The lowest BCUT2D eigenvalue weighted by atomic mass is 9.95. The molecule has 11 nitrogen and oxygen atoms in total. The highest BCUT2D eigenvalue weighted by molar-refractivity contribution is 5.73. The number of ether oxygens (including phenoxy) is 3. The molecular weight excluding hydrogens is 342 g/mol. The van der Waals surface area contributed by atoms with Crippen LogP contribution >= 0.6 is 0 Å². The predicted octanol–water partition coefficient (Wildman–Crippen LogP) is -4.23. The Bertz CT molecular complexity index is 465. The standard InChI is InChI=1S/C14H25NO10/c1-4-8(18)10(20)11(21)14(23-4)25-12-7(15-5(2)17)13(22)24-6(3-16)9(12)19/h4,6-14,16,18-22H,3H2,1-2H3,(H,15,17)/t4-,6-,7-,8+,9-,10+,11-,12-,13?,14?/m1/s1. The van der Waals surface area contributed by atoms with Crippen LogP contribution in [0.1, 0.15) is 13.8 Å². The van der Waals surface area contributed by atoms with Gasteiger partial charge < -0.3 is 50.2 Å². The first-order chi connectivity index (χ1) is 11.7. The van der Waals surface area contributed by atoms with Crippen molar-refractivity contribution in [2.45, 2.75) is 75.2 Å². The van der Waals surface area contributed by atoms with Crippen molar-refractivity contribution in [1.29, 1.82) is 0 Å². The van der Waals surface area contributed by atoms with Gasteiger partial charge in [-0.1, -0.05) is 0 Å². The normalized spacial score (nSPS) is 48.2. The van der Waals surface area contributed by atoms with E-state index in [-0.39, 0.29) is 0 Å². The smallest absolute Gasteiger partial charge is 0.217 e. The van der Waals surface area contributed by atoms with Crippen molar-refractivity contribution in [3.8, 4) is 0 Å². The van der Waals surface area contributed by atoms with Crippen LogP contribution in [0.5, 0.6) is 0 Å². The van der Waals surface area contributed by atoms with E-state index in [1.54, 1.807) is 0 Å². The molecule has 2 unspecified atom stereocenters. The number of aliphatic hydroxyl groups excluding tert-OH is 6. The molecule has 10 atom stereocenters. The van der Waals surface area contributed by atoms with Crippen molar-refractivity contribution < 1.29 is 49.6 Å². The maximum Gasteiger partial charge on any atom is 0.217 e. The molecule has 2 aliphatic rings. The zero-order chi connectivity index (χ0) is 18.9. The van der Waals surface area contributed by atoms with Crippen molar-refractivity contribution in [2.75, 3.05) is 6.61 Å². The second-order valence-corrected chi connectivity index (χ2v) is 6.25. The molecular formula is C14H25NO10. The highest BCUT2D eigenvalue weighted by Crippen LogP contribution is 2.28. The van der Waals surface area contributed by atoms with E-state index in [1.165, 1.54) is 13.8 Å². The highest BCUT2D eigenvalue weighted by Gasteiger charge is 2.50. The lowest BCUT2D eigenvalue weighted by molar-refractivity contribution is -0.337. The average molecular weight is 367 g/mol. The molecule has 0 spiro atoms. The Balaban J connectivity index is 2.20. The van der Waals surface area contributed by atoms with Crippen molar-refractivity contribution in [3.63, 3.8) is 0 Å². The van der Waals surface area contributed by atoms with Crippen LogP contribution in [0.15, 0.2) is 0 Å². The highest BCUT2D eigenvalue weighted by atomic mass is 16.7. The minimum atomic E-state index is -1.64. The third kappa shape index (κ3) is 4.27. The van der Waals surface area contributed by atoms with Gasteiger partial charge >= 0.3 is 0 Å². The van der Waals surface area contributed by atoms with Gasteiger partial charge in [0.2, 0.25) is 5.91 Å². The first-order valence-electron chi connectivity index (χ1n) is 7.92. The van der Waals surface area contributed by atoms with E-state index in [0.717, 1.165) is 0 Å². The molecule has 0 aromatic carbocycles. The van der Waals surface area contributed by atoms with Gasteiger partial charge in [0.05, 0.1) is 12.7 Å². The molecule has 25 heavy (non-hydrogen) atoms. The van der Waals surface area contributed by atoms with E-state index in [9.17, 15) is 35.4 Å². The summed E-state index contributed by atoms with van der Waals surface area (Å²) < 4.78 is 15.8. The molecule has 2 fully saturated rings. The average Bonchev–Trinajstić information content (AvgIpc) is 2.56. The Morgan fingerprint density at radius 3 is 2.24 bits per heavy atom. The van der Waals surface area contributed by atoms with Crippen LogP contribution in [0.4, 0.5) is 0 Å². The number of nitrogens with one attached hydrogen (secondary N) is 1. The number of rotatable bonds is 4. The lowest BCUT2D eigenvalue weighted by Gasteiger charge is -2.46. The van der Waals surface area contributed by atoms with Gasteiger partial charge in [-0.25, -0.2) is 0 Å². The summed E-state index contributed by atoms with van der Waals surface area (Å²) in [7, 11) is 0. The summed E-state index contributed by atoms with van der Waals surface area (Å²) >= 11 is 0. The molecule has 11 heteroatoms. The van der Waals surface area contributed by atoms with Gasteiger partial charge in [0.15, 0.2) is 12.6 Å². The molecule has 146 valence electrons. The van der Waals surface area contributed by atoms with E-state index < -0.39 is 73.9 Å². The molecule has 0 aliphatic carbocycles. The second-order valence-electron chi connectivity index (χ2n) is 6.25. The Morgan fingerprint density at radius 1 is 1.04 bits per heavy atom. The summed E-state index contributed by atoms with van der Waals surface area (Å²) in [5.74, 6) is -0.537. The monoisotopic (exact) mass is 367 g/mol. The molecule has 0 bridgehead atoms. The Morgan fingerprint density at radius 2 is 1.68 bits per heavy atom. The number of hydrogen-bond donors (Lipinski definition) is 7. The fraction of sp³-hybridized carbons (Fsp3) is 0.929. The summed E-state index contributed by atoms with van der Waals surface area (Å²) in [6.07, 6.45) is -12.4. The first-order valence-corrected chi connectivity index (χ1v) is 7.92. The van der Waals surface area contributed by atoms with E-state index >= 15 is 0 Å². The number of amides is 1. The van der Waals surface area contributed by atoms with Crippen LogP contribution in [0.3, 0.4) is 0 Å². The van der Waals surface area contributed by atoms with Gasteiger partial charge in [-0.3, -0.25) is 4.79 Å². The summed E-state index contributed by atoms with van der Waals surface area (Å²) in [5.41, 5.74) is 0. The van der Waals surface area contributed by atoms with Crippen molar-refractivity contribution in [2.24, 2.45) is 0 Å². The fourth-order valence-corrected chi connectivity index (χ4v) is 2.92. The zero-order valence-electron chi connectivity index (χ0n) is 13.8. The fourth-order valence-electron chi connectivity index (χ4n) is 2.92.